The lowest BCUT2D eigenvalue weighted by Crippen LogP contribution is -2.35. The van der Waals surface area contributed by atoms with E-state index in [0.29, 0.717) is 13.1 Å². The number of nitrogens with zero attached hydrogens (tertiary/aromatic N) is 1. The first-order valence-corrected chi connectivity index (χ1v) is 8.66. The molecule has 0 aromatic heterocycles. The van der Waals surface area contributed by atoms with Gasteiger partial charge in [0.25, 0.3) is 0 Å². The highest BCUT2D eigenvalue weighted by molar-refractivity contribution is 7.99. The summed E-state index contributed by atoms with van der Waals surface area (Å²) >= 11 is 1.82. The molecule has 1 fully saturated rings. The normalized spacial score (nSPS) is 22.1. The molecule has 1 N–H and O–H groups in total. The summed E-state index contributed by atoms with van der Waals surface area (Å²) < 4.78 is 5.34. The van der Waals surface area contributed by atoms with E-state index in [1.165, 1.54) is 0 Å². The lowest BCUT2D eigenvalue weighted by atomic mass is 10.1. The third kappa shape index (κ3) is 7.10. The van der Waals surface area contributed by atoms with E-state index in [0.717, 1.165) is 30.8 Å². The van der Waals surface area contributed by atoms with Crippen LogP contribution < -0.4 is 0 Å². The van der Waals surface area contributed by atoms with Gasteiger partial charge in [-0.2, -0.15) is 11.8 Å². The Morgan fingerprint density at radius 1 is 1.43 bits per heavy atom. The van der Waals surface area contributed by atoms with Gasteiger partial charge in [-0.15, -0.1) is 12.3 Å². The number of aliphatic hydroxyl groups is 1. The molecule has 0 saturated carbocycles. The highest BCUT2D eigenvalue weighted by Gasteiger charge is 2.35. The number of likely N-dealkylation sites (tertiary alicyclic amines) is 1. The zero-order valence-electron chi connectivity index (χ0n) is 13.3. The molecule has 1 aliphatic rings. The van der Waals surface area contributed by atoms with Crippen LogP contribution in [0.4, 0.5) is 4.79 Å². The van der Waals surface area contributed by atoms with Crippen LogP contribution in [-0.2, 0) is 4.74 Å². The Morgan fingerprint density at radius 3 is 2.76 bits per heavy atom. The lowest BCUT2D eigenvalue weighted by Gasteiger charge is -2.24. The second-order valence-electron chi connectivity index (χ2n) is 6.45. The minimum atomic E-state index is -0.494. The molecule has 0 spiro atoms. The van der Waals surface area contributed by atoms with Gasteiger partial charge in [0.1, 0.15) is 5.60 Å². The number of aliphatic hydroxyl groups excluding tert-OH is 1. The Morgan fingerprint density at radius 2 is 2.14 bits per heavy atom. The number of β-amino-alcohol motifs (C(OH)–C–C–N with tert-alkyl or cyclic N) is 1. The molecule has 0 aliphatic carbocycles. The quantitative estimate of drug-likeness (QED) is 0.605. The average molecular weight is 313 g/mol. The third-order valence-electron chi connectivity index (χ3n) is 3.25. The number of carbonyl (C=O) groups excluding carboxylic acids is 1. The number of hydrogen-bond acceptors (Lipinski definition) is 4. The third-order valence-corrected chi connectivity index (χ3v) is 4.49. The summed E-state index contributed by atoms with van der Waals surface area (Å²) in [5.74, 6) is 4.70. The fraction of sp³-hybridized carbons (Fsp3) is 0.812. The molecule has 1 amide bonds. The molecule has 1 aliphatic heterocycles. The summed E-state index contributed by atoms with van der Waals surface area (Å²) in [6.07, 6.45) is 7.42. The summed E-state index contributed by atoms with van der Waals surface area (Å²) in [5, 5.41) is 10.1. The van der Waals surface area contributed by atoms with Gasteiger partial charge in [0, 0.05) is 24.6 Å². The molecule has 1 heterocycles. The van der Waals surface area contributed by atoms with Crippen LogP contribution in [-0.4, -0.2) is 52.4 Å². The highest BCUT2D eigenvalue weighted by Crippen LogP contribution is 2.23. The molecule has 4 nitrogen and oxygen atoms in total. The number of amides is 1. The molecule has 0 aromatic rings. The van der Waals surface area contributed by atoms with Crippen molar-refractivity contribution in [3.8, 4) is 12.3 Å². The molecule has 1 rings (SSSR count). The van der Waals surface area contributed by atoms with Crippen molar-refractivity contribution in [2.24, 2.45) is 5.92 Å². The predicted molar refractivity (Wildman–Crippen MR) is 87.3 cm³/mol. The monoisotopic (exact) mass is 313 g/mol. The van der Waals surface area contributed by atoms with Crippen molar-refractivity contribution in [2.45, 2.75) is 51.7 Å². The molecule has 0 bridgehead atoms. The van der Waals surface area contributed by atoms with E-state index in [2.05, 4.69) is 5.92 Å². The van der Waals surface area contributed by atoms with Crippen LogP contribution in [0.25, 0.3) is 0 Å². The van der Waals surface area contributed by atoms with Gasteiger partial charge in [-0.05, 0) is 39.4 Å². The van der Waals surface area contributed by atoms with Crippen molar-refractivity contribution in [1.82, 2.24) is 4.90 Å². The fourth-order valence-corrected chi connectivity index (χ4v) is 3.36. The molecular formula is C16H27NO3S. The first-order chi connectivity index (χ1) is 9.83. The highest BCUT2D eigenvalue weighted by atomic mass is 32.2. The molecule has 2 atom stereocenters. The first kappa shape index (κ1) is 18.2. The van der Waals surface area contributed by atoms with Crippen LogP contribution in [0.5, 0.6) is 0 Å². The number of terminal acetylenes is 1. The van der Waals surface area contributed by atoms with Gasteiger partial charge in [0.2, 0.25) is 0 Å². The fourth-order valence-electron chi connectivity index (χ4n) is 2.16. The minimum absolute atomic E-state index is 0.134. The Hall–Kier alpha value is -0.860. The van der Waals surface area contributed by atoms with E-state index in [1.807, 2.05) is 32.5 Å². The average Bonchev–Trinajstić information content (AvgIpc) is 2.73. The van der Waals surface area contributed by atoms with Crippen LogP contribution in [0.15, 0.2) is 0 Å². The van der Waals surface area contributed by atoms with E-state index in [-0.39, 0.29) is 12.0 Å². The van der Waals surface area contributed by atoms with Crippen LogP contribution in [0.1, 0.15) is 40.0 Å². The van der Waals surface area contributed by atoms with E-state index < -0.39 is 11.7 Å². The molecule has 21 heavy (non-hydrogen) atoms. The number of ether oxygens (including phenoxy) is 1. The standard InChI is InChI=1S/C16H27NO3S/c1-5-6-7-8-9-21-12-13-10-17(11-14(13)18)15(19)20-16(2,3)4/h1,13-14,18H,6-12H2,2-4H3/t13-,14+/m1/s1. The van der Waals surface area contributed by atoms with Crippen LogP contribution in [0.3, 0.4) is 0 Å². The van der Waals surface area contributed by atoms with Gasteiger partial charge >= 0.3 is 6.09 Å². The number of hydrogen-bond donors (Lipinski definition) is 1. The maximum Gasteiger partial charge on any atom is 0.410 e. The van der Waals surface area contributed by atoms with Gasteiger partial charge in [-0.25, -0.2) is 4.79 Å². The first-order valence-electron chi connectivity index (χ1n) is 7.50. The molecule has 0 aromatic carbocycles. The Bertz CT molecular complexity index is 373. The molecule has 5 heteroatoms. The number of rotatable bonds is 6. The summed E-state index contributed by atoms with van der Waals surface area (Å²) in [4.78, 5) is 13.6. The molecule has 0 unspecified atom stereocenters. The van der Waals surface area contributed by atoms with E-state index in [1.54, 1.807) is 4.90 Å². The van der Waals surface area contributed by atoms with Gasteiger partial charge in [0.05, 0.1) is 12.6 Å². The van der Waals surface area contributed by atoms with Crippen LogP contribution in [0.2, 0.25) is 0 Å². The van der Waals surface area contributed by atoms with E-state index in [9.17, 15) is 9.90 Å². The van der Waals surface area contributed by atoms with Crippen molar-refractivity contribution < 1.29 is 14.6 Å². The Balaban J connectivity index is 2.26. The Kier molecular flexibility index (Phi) is 7.41. The summed E-state index contributed by atoms with van der Waals surface area (Å²) in [6, 6.07) is 0. The Labute approximate surface area is 132 Å². The number of unbranched alkanes of at least 4 members (excludes halogenated alkanes) is 2. The summed E-state index contributed by atoms with van der Waals surface area (Å²) in [7, 11) is 0. The van der Waals surface area contributed by atoms with Crippen LogP contribution >= 0.6 is 11.8 Å². The predicted octanol–water partition coefficient (Wildman–Crippen LogP) is 2.75. The lowest BCUT2D eigenvalue weighted by molar-refractivity contribution is 0.0270. The van der Waals surface area contributed by atoms with Crippen molar-refractivity contribution in [3.05, 3.63) is 0 Å². The van der Waals surface area contributed by atoms with Crippen molar-refractivity contribution in [3.63, 3.8) is 0 Å². The van der Waals surface area contributed by atoms with Gasteiger partial charge in [-0.3, -0.25) is 0 Å². The maximum absolute atomic E-state index is 12.0. The molecule has 120 valence electrons. The molecule has 1 saturated heterocycles. The molecular weight excluding hydrogens is 286 g/mol. The van der Waals surface area contributed by atoms with Crippen molar-refractivity contribution in [2.75, 3.05) is 24.6 Å². The zero-order chi connectivity index (χ0) is 15.9. The van der Waals surface area contributed by atoms with Crippen molar-refractivity contribution >= 4 is 17.9 Å². The summed E-state index contributed by atoms with van der Waals surface area (Å²) in [6.45, 7) is 6.49. The van der Waals surface area contributed by atoms with Crippen molar-refractivity contribution in [1.29, 1.82) is 0 Å². The SMILES string of the molecule is C#CCCCCSC[C@H]1CN(C(=O)OC(C)(C)C)C[C@@H]1O. The second-order valence-corrected chi connectivity index (χ2v) is 7.60. The smallest absolute Gasteiger partial charge is 0.410 e. The number of thioether (sulfide) groups is 1. The number of carbonyl (C=O) groups is 1. The largest absolute Gasteiger partial charge is 0.444 e. The molecule has 0 radical (unpaired) electrons. The van der Waals surface area contributed by atoms with E-state index >= 15 is 0 Å². The zero-order valence-corrected chi connectivity index (χ0v) is 14.1. The van der Waals surface area contributed by atoms with Gasteiger partial charge in [-0.1, -0.05) is 0 Å². The minimum Gasteiger partial charge on any atom is -0.444 e. The summed E-state index contributed by atoms with van der Waals surface area (Å²) in [5.41, 5.74) is -0.494. The van der Waals surface area contributed by atoms with Gasteiger partial charge in [0.15, 0.2) is 0 Å². The van der Waals surface area contributed by atoms with Crippen LogP contribution in [0, 0.1) is 18.3 Å². The van der Waals surface area contributed by atoms with E-state index in [4.69, 9.17) is 11.2 Å². The second kappa shape index (κ2) is 8.55. The maximum atomic E-state index is 12.0. The van der Waals surface area contributed by atoms with Gasteiger partial charge < -0.3 is 14.7 Å². The topological polar surface area (TPSA) is 49.8 Å².